The summed E-state index contributed by atoms with van der Waals surface area (Å²) in [6.45, 7) is 1.42. The van der Waals surface area contributed by atoms with Crippen LogP contribution in [0.3, 0.4) is 0 Å². The van der Waals surface area contributed by atoms with Crippen molar-refractivity contribution in [3.63, 3.8) is 0 Å². The Balaban J connectivity index is 3.47. The maximum absolute atomic E-state index is 11.3. The predicted octanol–water partition coefficient (Wildman–Crippen LogP) is 1.78. The van der Waals surface area contributed by atoms with Crippen LogP contribution in [0, 0.1) is 11.3 Å². The third-order valence-corrected chi connectivity index (χ3v) is 1.99. The summed E-state index contributed by atoms with van der Waals surface area (Å²) in [5, 5.41) is 8.77. The van der Waals surface area contributed by atoms with Crippen LogP contribution in [0.2, 0.25) is 0 Å². The second kappa shape index (κ2) is 4.47. The van der Waals surface area contributed by atoms with Crippen molar-refractivity contribution in [2.75, 3.05) is 14.2 Å². The molecule has 4 heteroatoms. The lowest BCUT2D eigenvalue weighted by Gasteiger charge is -2.11. The first kappa shape index (κ1) is 11.1. The number of carbonyl (C=O) groups excluding carboxylic acids is 1. The minimum Gasteiger partial charge on any atom is -0.493 e. The fourth-order valence-electron chi connectivity index (χ4n) is 1.29. The smallest absolute Gasteiger partial charge is 0.171 e. The van der Waals surface area contributed by atoms with Gasteiger partial charge in [-0.15, -0.1) is 0 Å². The van der Waals surface area contributed by atoms with E-state index in [9.17, 15) is 4.79 Å². The molecule has 1 aromatic rings. The number of ether oxygens (including phenoxy) is 2. The highest BCUT2D eigenvalue weighted by Gasteiger charge is 2.15. The number of methoxy groups -OCH3 is 2. The van der Waals surface area contributed by atoms with Crippen LogP contribution in [0.15, 0.2) is 12.1 Å². The SMILES string of the molecule is COc1cc(C#N)cc(C(C)=O)c1OC. The molecule has 0 N–H and O–H groups in total. The van der Waals surface area contributed by atoms with Crippen molar-refractivity contribution in [3.05, 3.63) is 23.3 Å². The van der Waals surface area contributed by atoms with Crippen molar-refractivity contribution in [2.24, 2.45) is 0 Å². The Kier molecular flexibility index (Phi) is 3.29. The van der Waals surface area contributed by atoms with E-state index in [-0.39, 0.29) is 5.78 Å². The zero-order valence-corrected chi connectivity index (χ0v) is 8.83. The minimum absolute atomic E-state index is 0.165. The van der Waals surface area contributed by atoms with E-state index in [1.165, 1.54) is 33.3 Å². The Bertz CT molecular complexity index is 432. The lowest BCUT2D eigenvalue weighted by Crippen LogP contribution is -2.01. The van der Waals surface area contributed by atoms with Crippen LogP contribution in [-0.4, -0.2) is 20.0 Å². The number of carbonyl (C=O) groups is 1. The number of benzene rings is 1. The first-order valence-electron chi connectivity index (χ1n) is 4.31. The number of nitriles is 1. The second-order valence-corrected chi connectivity index (χ2v) is 2.93. The quantitative estimate of drug-likeness (QED) is 0.705. The van der Waals surface area contributed by atoms with Gasteiger partial charge < -0.3 is 9.47 Å². The summed E-state index contributed by atoms with van der Waals surface area (Å²) in [5.74, 6) is 0.591. The number of Topliss-reactive ketones (excluding diaryl/α,β-unsaturated/α-hetero) is 1. The molecule has 0 radical (unpaired) electrons. The number of hydrogen-bond acceptors (Lipinski definition) is 4. The second-order valence-electron chi connectivity index (χ2n) is 2.93. The van der Waals surface area contributed by atoms with Gasteiger partial charge >= 0.3 is 0 Å². The molecule has 0 bridgehead atoms. The zero-order valence-electron chi connectivity index (χ0n) is 8.83. The Morgan fingerprint density at radius 3 is 2.40 bits per heavy atom. The molecule has 1 rings (SSSR count). The molecule has 0 aromatic heterocycles. The normalized spacial score (nSPS) is 9.20. The molecular weight excluding hydrogens is 194 g/mol. The van der Waals surface area contributed by atoms with Crippen LogP contribution in [-0.2, 0) is 0 Å². The molecule has 0 unspecified atom stereocenters. The molecule has 0 aliphatic carbocycles. The van der Waals surface area contributed by atoms with Crippen molar-refractivity contribution in [1.82, 2.24) is 0 Å². The average molecular weight is 205 g/mol. The van der Waals surface area contributed by atoms with Crippen molar-refractivity contribution < 1.29 is 14.3 Å². The molecule has 0 amide bonds. The maximum Gasteiger partial charge on any atom is 0.171 e. The third kappa shape index (κ3) is 2.08. The number of hydrogen-bond donors (Lipinski definition) is 0. The molecule has 0 fully saturated rings. The van der Waals surface area contributed by atoms with E-state index in [1.807, 2.05) is 6.07 Å². The van der Waals surface area contributed by atoms with Crippen molar-refractivity contribution in [2.45, 2.75) is 6.92 Å². The monoisotopic (exact) mass is 205 g/mol. The summed E-state index contributed by atoms with van der Waals surface area (Å²) in [6.07, 6.45) is 0. The molecule has 0 aliphatic rings. The van der Waals surface area contributed by atoms with E-state index < -0.39 is 0 Å². The molecule has 4 nitrogen and oxygen atoms in total. The fraction of sp³-hybridized carbons (Fsp3) is 0.273. The molecule has 0 spiro atoms. The molecule has 0 aliphatic heterocycles. The van der Waals surface area contributed by atoms with E-state index in [2.05, 4.69) is 0 Å². The van der Waals surface area contributed by atoms with Gasteiger partial charge in [-0.25, -0.2) is 0 Å². The summed E-state index contributed by atoms with van der Waals surface area (Å²) in [7, 11) is 2.92. The highest BCUT2D eigenvalue weighted by atomic mass is 16.5. The van der Waals surface area contributed by atoms with E-state index in [1.54, 1.807) is 0 Å². The standard InChI is InChI=1S/C11H11NO3/c1-7(13)9-4-8(6-12)5-10(14-2)11(9)15-3/h4-5H,1-3H3. The first-order chi connectivity index (χ1) is 7.13. The molecular formula is C11H11NO3. The Morgan fingerprint density at radius 1 is 1.33 bits per heavy atom. The van der Waals surface area contributed by atoms with Crippen LogP contribution in [0.5, 0.6) is 11.5 Å². The number of nitrogens with zero attached hydrogens (tertiary/aromatic N) is 1. The van der Waals surface area contributed by atoms with Gasteiger partial charge in [0.1, 0.15) is 0 Å². The molecule has 1 aromatic carbocycles. The third-order valence-electron chi connectivity index (χ3n) is 1.99. The summed E-state index contributed by atoms with van der Waals surface area (Å²) >= 11 is 0. The number of ketones is 1. The summed E-state index contributed by atoms with van der Waals surface area (Å²) in [6, 6.07) is 4.98. The largest absolute Gasteiger partial charge is 0.493 e. The van der Waals surface area contributed by atoms with Crippen LogP contribution < -0.4 is 9.47 Å². The van der Waals surface area contributed by atoms with Gasteiger partial charge in [-0.1, -0.05) is 0 Å². The Labute approximate surface area is 88.0 Å². The van der Waals surface area contributed by atoms with Gasteiger partial charge in [-0.2, -0.15) is 5.26 Å². The van der Waals surface area contributed by atoms with Crippen LogP contribution in [0.4, 0.5) is 0 Å². The summed E-state index contributed by atoms with van der Waals surface area (Å²) in [5.41, 5.74) is 0.728. The minimum atomic E-state index is -0.165. The van der Waals surface area contributed by atoms with E-state index in [0.717, 1.165) is 0 Å². The van der Waals surface area contributed by atoms with Crippen LogP contribution in [0.25, 0.3) is 0 Å². The van der Waals surface area contributed by atoms with E-state index in [4.69, 9.17) is 14.7 Å². The zero-order chi connectivity index (χ0) is 11.4. The Hall–Kier alpha value is -2.02. The van der Waals surface area contributed by atoms with E-state index in [0.29, 0.717) is 22.6 Å². The molecule has 0 heterocycles. The first-order valence-corrected chi connectivity index (χ1v) is 4.31. The van der Waals surface area contributed by atoms with Crippen molar-refractivity contribution in [3.8, 4) is 17.6 Å². The fourth-order valence-corrected chi connectivity index (χ4v) is 1.29. The predicted molar refractivity (Wildman–Crippen MR) is 54.3 cm³/mol. The summed E-state index contributed by atoms with van der Waals surface area (Å²) < 4.78 is 10.1. The Morgan fingerprint density at radius 2 is 2.00 bits per heavy atom. The number of rotatable bonds is 3. The van der Waals surface area contributed by atoms with Gasteiger partial charge in [-0.3, -0.25) is 4.79 Å². The molecule has 0 saturated carbocycles. The van der Waals surface area contributed by atoms with Gasteiger partial charge in [-0.05, 0) is 13.0 Å². The molecule has 78 valence electrons. The summed E-state index contributed by atoms with van der Waals surface area (Å²) in [4.78, 5) is 11.3. The highest BCUT2D eigenvalue weighted by molar-refractivity contribution is 5.98. The van der Waals surface area contributed by atoms with Crippen molar-refractivity contribution >= 4 is 5.78 Å². The molecule has 0 atom stereocenters. The molecule has 15 heavy (non-hydrogen) atoms. The highest BCUT2D eigenvalue weighted by Crippen LogP contribution is 2.32. The van der Waals surface area contributed by atoms with Gasteiger partial charge in [0.15, 0.2) is 17.3 Å². The molecule has 0 saturated heterocycles. The van der Waals surface area contributed by atoms with Crippen LogP contribution in [0.1, 0.15) is 22.8 Å². The maximum atomic E-state index is 11.3. The topological polar surface area (TPSA) is 59.3 Å². The average Bonchev–Trinajstić information content (AvgIpc) is 2.26. The van der Waals surface area contributed by atoms with E-state index >= 15 is 0 Å². The lowest BCUT2D eigenvalue weighted by atomic mass is 10.1. The van der Waals surface area contributed by atoms with Gasteiger partial charge in [0.25, 0.3) is 0 Å². The van der Waals surface area contributed by atoms with Gasteiger partial charge in [0, 0.05) is 6.07 Å². The van der Waals surface area contributed by atoms with Crippen LogP contribution >= 0.6 is 0 Å². The van der Waals surface area contributed by atoms with Gasteiger partial charge in [0.2, 0.25) is 0 Å². The van der Waals surface area contributed by atoms with Crippen molar-refractivity contribution in [1.29, 1.82) is 5.26 Å². The lowest BCUT2D eigenvalue weighted by molar-refractivity contribution is 0.101. The van der Waals surface area contributed by atoms with Gasteiger partial charge in [0.05, 0.1) is 31.4 Å².